The van der Waals surface area contributed by atoms with Crippen molar-refractivity contribution in [2.75, 3.05) is 12.3 Å². The van der Waals surface area contributed by atoms with E-state index in [2.05, 4.69) is 4.98 Å². The van der Waals surface area contributed by atoms with E-state index < -0.39 is 6.35 Å². The monoisotopic (exact) mass is 318 g/mol. The highest BCUT2D eigenvalue weighted by molar-refractivity contribution is 5.61. The molecule has 1 aromatic heterocycles. The first-order valence-corrected chi connectivity index (χ1v) is 7.78. The van der Waals surface area contributed by atoms with Gasteiger partial charge in [0.1, 0.15) is 0 Å². The predicted octanol–water partition coefficient (Wildman–Crippen LogP) is 2.46. The Kier molecular flexibility index (Phi) is 4.63. The van der Waals surface area contributed by atoms with Crippen LogP contribution in [0.5, 0.6) is 0 Å². The van der Waals surface area contributed by atoms with E-state index in [4.69, 9.17) is 10.4 Å². The number of benzene rings is 1. The Bertz CT molecular complexity index is 635. The summed E-state index contributed by atoms with van der Waals surface area (Å²) < 4.78 is 1.69. The SMILES string of the molecule is CN(C1CCCC1)[C@@H](O)n1cnc(-c2ccc(N(O)O)cc2)c1. The van der Waals surface area contributed by atoms with Crippen LogP contribution in [0.2, 0.25) is 0 Å². The average molecular weight is 318 g/mol. The lowest BCUT2D eigenvalue weighted by atomic mass is 10.1. The second-order valence-electron chi connectivity index (χ2n) is 5.99. The molecular weight excluding hydrogens is 296 g/mol. The van der Waals surface area contributed by atoms with Crippen molar-refractivity contribution in [3.63, 3.8) is 0 Å². The van der Waals surface area contributed by atoms with Crippen molar-refractivity contribution in [3.8, 4) is 11.3 Å². The quantitative estimate of drug-likeness (QED) is 0.580. The Balaban J connectivity index is 1.74. The number of nitrogens with zero attached hydrogens (tertiary/aromatic N) is 4. The van der Waals surface area contributed by atoms with Crippen molar-refractivity contribution in [2.45, 2.75) is 38.1 Å². The summed E-state index contributed by atoms with van der Waals surface area (Å²) >= 11 is 0. The van der Waals surface area contributed by atoms with E-state index in [9.17, 15) is 5.11 Å². The van der Waals surface area contributed by atoms with Crippen molar-refractivity contribution in [1.29, 1.82) is 0 Å². The minimum absolute atomic E-state index is 0.0721. The van der Waals surface area contributed by atoms with Crippen molar-refractivity contribution < 1.29 is 15.5 Å². The highest BCUT2D eigenvalue weighted by Crippen LogP contribution is 2.27. The van der Waals surface area contributed by atoms with Gasteiger partial charge in [-0.1, -0.05) is 25.0 Å². The number of aromatic nitrogens is 2. The zero-order valence-electron chi connectivity index (χ0n) is 13.1. The molecule has 3 N–H and O–H groups in total. The number of anilines is 1. The Hall–Kier alpha value is -1.93. The number of rotatable bonds is 5. The van der Waals surface area contributed by atoms with E-state index >= 15 is 0 Å². The van der Waals surface area contributed by atoms with Gasteiger partial charge in [-0.3, -0.25) is 19.9 Å². The molecule has 0 amide bonds. The Morgan fingerprint density at radius 3 is 2.43 bits per heavy atom. The summed E-state index contributed by atoms with van der Waals surface area (Å²) in [6, 6.07) is 7.06. The first kappa shape index (κ1) is 15.9. The Labute approximate surface area is 134 Å². The maximum atomic E-state index is 10.5. The molecule has 3 rings (SSSR count). The summed E-state index contributed by atoms with van der Waals surface area (Å²) in [6.45, 7) is 0. The van der Waals surface area contributed by atoms with Gasteiger partial charge in [-0.15, -0.1) is 5.23 Å². The molecule has 23 heavy (non-hydrogen) atoms. The lowest BCUT2D eigenvalue weighted by Gasteiger charge is -2.29. The third kappa shape index (κ3) is 3.37. The van der Waals surface area contributed by atoms with Crippen molar-refractivity contribution in [3.05, 3.63) is 36.8 Å². The molecule has 1 aliphatic rings. The average Bonchev–Trinajstić information content (AvgIpc) is 3.25. The van der Waals surface area contributed by atoms with Gasteiger partial charge in [0.15, 0.2) is 6.35 Å². The van der Waals surface area contributed by atoms with Gasteiger partial charge in [-0.25, -0.2) is 4.98 Å². The first-order chi connectivity index (χ1) is 11.1. The zero-order valence-corrected chi connectivity index (χ0v) is 13.1. The molecule has 1 aliphatic carbocycles. The fraction of sp³-hybridized carbons (Fsp3) is 0.438. The highest BCUT2D eigenvalue weighted by Gasteiger charge is 2.25. The number of imidazole rings is 1. The van der Waals surface area contributed by atoms with Gasteiger partial charge in [0.2, 0.25) is 0 Å². The van der Waals surface area contributed by atoms with E-state index in [0.717, 1.165) is 24.1 Å². The van der Waals surface area contributed by atoms with Crippen LogP contribution in [0, 0.1) is 0 Å². The molecule has 0 radical (unpaired) electrons. The van der Waals surface area contributed by atoms with Crippen LogP contribution in [0.4, 0.5) is 5.69 Å². The zero-order chi connectivity index (χ0) is 16.4. The number of aliphatic hydroxyl groups excluding tert-OH is 1. The minimum Gasteiger partial charge on any atom is -0.360 e. The van der Waals surface area contributed by atoms with Crippen LogP contribution >= 0.6 is 0 Å². The van der Waals surface area contributed by atoms with E-state index in [1.54, 1.807) is 41.4 Å². The minimum atomic E-state index is -0.732. The molecule has 0 aliphatic heterocycles. The number of hydrogen-bond donors (Lipinski definition) is 3. The molecule has 7 heteroatoms. The molecule has 1 aromatic carbocycles. The summed E-state index contributed by atoms with van der Waals surface area (Å²) in [5, 5.41) is 28.5. The molecule has 7 nitrogen and oxygen atoms in total. The van der Waals surface area contributed by atoms with Crippen molar-refractivity contribution in [2.24, 2.45) is 0 Å². The van der Waals surface area contributed by atoms with Gasteiger partial charge in [0.05, 0.1) is 17.7 Å². The maximum Gasteiger partial charge on any atom is 0.191 e. The van der Waals surface area contributed by atoms with Crippen LogP contribution < -0.4 is 5.23 Å². The van der Waals surface area contributed by atoms with Gasteiger partial charge in [0, 0.05) is 17.8 Å². The van der Waals surface area contributed by atoms with Gasteiger partial charge in [0.25, 0.3) is 0 Å². The van der Waals surface area contributed by atoms with Gasteiger partial charge >= 0.3 is 0 Å². The smallest absolute Gasteiger partial charge is 0.191 e. The van der Waals surface area contributed by atoms with Crippen LogP contribution in [0.15, 0.2) is 36.8 Å². The molecule has 124 valence electrons. The molecule has 1 heterocycles. The lowest BCUT2D eigenvalue weighted by Crippen LogP contribution is -2.35. The Morgan fingerprint density at radius 1 is 1.17 bits per heavy atom. The molecule has 1 saturated carbocycles. The van der Waals surface area contributed by atoms with E-state index in [1.807, 2.05) is 11.9 Å². The van der Waals surface area contributed by atoms with Gasteiger partial charge in [-0.05, 0) is 32.0 Å². The van der Waals surface area contributed by atoms with E-state index in [-0.39, 0.29) is 10.9 Å². The standard InChI is InChI=1S/C16H22N4O3/c1-18(13-4-2-3-5-13)16(21)19-10-15(17-11-19)12-6-8-14(9-7-12)20(22)23/h6-11,13,16,21-23H,2-5H2,1H3/t16-/m1/s1. The second-order valence-corrected chi connectivity index (χ2v) is 5.99. The third-order valence-corrected chi connectivity index (χ3v) is 4.53. The summed E-state index contributed by atoms with van der Waals surface area (Å²) in [4.78, 5) is 6.31. The third-order valence-electron chi connectivity index (χ3n) is 4.53. The Morgan fingerprint density at radius 2 is 1.83 bits per heavy atom. The van der Waals surface area contributed by atoms with Crippen LogP contribution in [0.1, 0.15) is 32.0 Å². The van der Waals surface area contributed by atoms with Crippen molar-refractivity contribution >= 4 is 5.69 Å². The van der Waals surface area contributed by atoms with Gasteiger partial charge < -0.3 is 5.11 Å². The summed E-state index contributed by atoms with van der Waals surface area (Å²) in [5.74, 6) is 0. The normalized spacial score (nSPS) is 16.9. The summed E-state index contributed by atoms with van der Waals surface area (Å²) in [5.41, 5.74) is 1.83. The predicted molar refractivity (Wildman–Crippen MR) is 85.0 cm³/mol. The molecule has 0 bridgehead atoms. The van der Waals surface area contributed by atoms with E-state index in [0.29, 0.717) is 6.04 Å². The number of aliphatic hydroxyl groups is 1. The summed E-state index contributed by atoms with van der Waals surface area (Å²) in [7, 11) is 1.94. The van der Waals surface area contributed by atoms with E-state index in [1.165, 1.54) is 12.8 Å². The molecule has 1 atom stereocenters. The van der Waals surface area contributed by atoms with Crippen LogP contribution in [0.25, 0.3) is 11.3 Å². The molecule has 0 saturated heterocycles. The van der Waals surface area contributed by atoms with Crippen LogP contribution in [-0.4, -0.2) is 43.1 Å². The first-order valence-electron chi connectivity index (χ1n) is 7.78. The molecule has 0 unspecified atom stereocenters. The fourth-order valence-corrected chi connectivity index (χ4v) is 3.09. The molecular formula is C16H22N4O3. The maximum absolute atomic E-state index is 10.5. The van der Waals surface area contributed by atoms with Crippen LogP contribution in [-0.2, 0) is 0 Å². The van der Waals surface area contributed by atoms with Crippen molar-refractivity contribution in [1.82, 2.24) is 14.5 Å². The molecule has 2 aromatic rings. The fourth-order valence-electron chi connectivity index (χ4n) is 3.09. The highest BCUT2D eigenvalue weighted by atomic mass is 16.8. The molecule has 1 fully saturated rings. The topological polar surface area (TPSA) is 85.0 Å². The summed E-state index contributed by atoms with van der Waals surface area (Å²) in [6.07, 6.45) is 7.35. The molecule has 0 spiro atoms. The van der Waals surface area contributed by atoms with Crippen LogP contribution in [0.3, 0.4) is 0 Å². The second kappa shape index (κ2) is 6.67. The largest absolute Gasteiger partial charge is 0.360 e. The van der Waals surface area contributed by atoms with Gasteiger partial charge in [-0.2, -0.15) is 0 Å². The lowest BCUT2D eigenvalue weighted by molar-refractivity contribution is -0.0613. The number of hydrogen-bond acceptors (Lipinski definition) is 6.